The van der Waals surface area contributed by atoms with Gasteiger partial charge in [-0.25, -0.2) is 13.1 Å². The van der Waals surface area contributed by atoms with Crippen LogP contribution in [0.2, 0.25) is 0 Å². The molecule has 0 radical (unpaired) electrons. The Labute approximate surface area is 209 Å². The maximum absolute atomic E-state index is 13.5. The first kappa shape index (κ1) is 23.8. The molecule has 4 aromatic rings. The van der Waals surface area contributed by atoms with E-state index in [1.165, 1.54) is 0 Å². The van der Waals surface area contributed by atoms with E-state index in [9.17, 15) is 13.2 Å². The Hall–Kier alpha value is -2.94. The van der Waals surface area contributed by atoms with Crippen LogP contribution in [0.15, 0.2) is 82.5 Å². The van der Waals surface area contributed by atoms with Crippen molar-refractivity contribution in [1.29, 1.82) is 0 Å². The van der Waals surface area contributed by atoms with Gasteiger partial charge in [0.05, 0.1) is 27.7 Å². The normalized spacial score (nSPS) is 17.1. The largest absolute Gasteiger partial charge is 0.487 e. The predicted molar refractivity (Wildman–Crippen MR) is 140 cm³/mol. The lowest BCUT2D eigenvalue weighted by molar-refractivity contribution is 0.0260. The molecule has 0 saturated carbocycles. The van der Waals surface area contributed by atoms with Gasteiger partial charge in [0.25, 0.3) is 0 Å². The van der Waals surface area contributed by atoms with E-state index < -0.39 is 21.7 Å². The van der Waals surface area contributed by atoms with Crippen LogP contribution in [0.5, 0.6) is 5.75 Å². The Bertz CT molecular complexity index is 1520. The van der Waals surface area contributed by atoms with Crippen LogP contribution < -0.4 is 14.3 Å². The van der Waals surface area contributed by atoms with Crippen molar-refractivity contribution < 1.29 is 13.2 Å². The summed E-state index contributed by atoms with van der Waals surface area (Å²) in [5.41, 5.74) is 2.17. The first-order chi connectivity index (χ1) is 16.8. The molecule has 2 heterocycles. The molecule has 1 aliphatic heterocycles. The molecule has 6 nitrogen and oxygen atoms in total. The highest BCUT2D eigenvalue weighted by atomic mass is 32.2. The van der Waals surface area contributed by atoms with E-state index in [-0.39, 0.29) is 9.77 Å². The molecule has 1 N–H and O–H groups in total. The highest BCUT2D eigenvalue weighted by Crippen LogP contribution is 2.43. The SMILES string of the molecule is CCC1(CC)CC(NS(=O)(=O)c2ccc3c(c2)sc(=O)n3Cc2ccccc2)c2ccccc2O1. The first-order valence-corrected chi connectivity index (χ1v) is 14.1. The number of hydrogen-bond donors (Lipinski definition) is 1. The molecule has 0 amide bonds. The summed E-state index contributed by atoms with van der Waals surface area (Å²) in [6.07, 6.45) is 2.12. The second kappa shape index (κ2) is 9.26. The molecule has 0 saturated heterocycles. The minimum Gasteiger partial charge on any atom is -0.487 e. The highest BCUT2D eigenvalue weighted by molar-refractivity contribution is 7.89. The smallest absolute Gasteiger partial charge is 0.308 e. The number of sulfonamides is 1. The quantitative estimate of drug-likeness (QED) is 0.359. The van der Waals surface area contributed by atoms with Gasteiger partial charge in [0.15, 0.2) is 0 Å². The monoisotopic (exact) mass is 508 g/mol. The van der Waals surface area contributed by atoms with Gasteiger partial charge in [-0.2, -0.15) is 0 Å². The molecule has 1 aromatic heterocycles. The Morgan fingerprint density at radius 1 is 1.03 bits per heavy atom. The number of thiazole rings is 1. The lowest BCUT2D eigenvalue weighted by atomic mass is 9.84. The number of benzene rings is 3. The van der Waals surface area contributed by atoms with E-state index in [1.54, 1.807) is 22.8 Å². The minimum atomic E-state index is -3.83. The summed E-state index contributed by atoms with van der Waals surface area (Å²) in [7, 11) is -3.83. The fourth-order valence-electron chi connectivity index (χ4n) is 4.79. The maximum Gasteiger partial charge on any atom is 0.308 e. The average molecular weight is 509 g/mol. The third kappa shape index (κ3) is 4.53. The number of aromatic nitrogens is 1. The molecule has 8 heteroatoms. The van der Waals surface area contributed by atoms with Gasteiger partial charge in [-0.3, -0.25) is 9.36 Å². The van der Waals surface area contributed by atoms with Gasteiger partial charge in [-0.05, 0) is 42.7 Å². The topological polar surface area (TPSA) is 77.4 Å². The van der Waals surface area contributed by atoms with E-state index in [0.717, 1.165) is 46.6 Å². The molecule has 3 aromatic carbocycles. The zero-order valence-electron chi connectivity index (χ0n) is 19.7. The van der Waals surface area contributed by atoms with Crippen molar-refractivity contribution in [3.63, 3.8) is 0 Å². The van der Waals surface area contributed by atoms with Gasteiger partial charge in [-0.15, -0.1) is 0 Å². The van der Waals surface area contributed by atoms with Crippen molar-refractivity contribution in [3.8, 4) is 5.75 Å². The van der Waals surface area contributed by atoms with E-state index in [4.69, 9.17) is 4.74 Å². The van der Waals surface area contributed by atoms with E-state index in [0.29, 0.717) is 17.7 Å². The third-order valence-corrected chi connectivity index (χ3v) is 9.33. The van der Waals surface area contributed by atoms with Crippen molar-refractivity contribution in [3.05, 3.63) is 93.6 Å². The molecule has 35 heavy (non-hydrogen) atoms. The Morgan fingerprint density at radius 2 is 1.74 bits per heavy atom. The molecule has 0 aliphatic carbocycles. The zero-order chi connectivity index (χ0) is 24.6. The zero-order valence-corrected chi connectivity index (χ0v) is 21.4. The standard InChI is InChI=1S/C27H28N2O4S2/c1-3-27(4-2)17-22(21-12-8-9-13-24(21)33-27)28-35(31,32)20-14-15-23-25(16-20)34-26(30)29(23)18-19-10-6-5-7-11-19/h5-16,22,28H,3-4,17-18H2,1-2H3. The van der Waals surface area contributed by atoms with Crippen LogP contribution in [0.1, 0.15) is 50.3 Å². The van der Waals surface area contributed by atoms with E-state index in [1.807, 2.05) is 54.6 Å². The number of fused-ring (bicyclic) bond motifs is 2. The fraction of sp³-hybridized carbons (Fsp3) is 0.296. The van der Waals surface area contributed by atoms with Crippen LogP contribution in [0.3, 0.4) is 0 Å². The maximum atomic E-state index is 13.5. The van der Waals surface area contributed by atoms with Crippen molar-refractivity contribution in [1.82, 2.24) is 9.29 Å². The third-order valence-electron chi connectivity index (χ3n) is 6.92. The van der Waals surface area contributed by atoms with Crippen LogP contribution in [0.25, 0.3) is 10.2 Å². The van der Waals surface area contributed by atoms with Crippen LogP contribution in [-0.4, -0.2) is 18.6 Å². The molecular weight excluding hydrogens is 480 g/mol. The summed E-state index contributed by atoms with van der Waals surface area (Å²) in [5, 5.41) is 0. The molecule has 0 spiro atoms. The number of hydrogen-bond acceptors (Lipinski definition) is 5. The Morgan fingerprint density at radius 3 is 2.49 bits per heavy atom. The molecule has 5 rings (SSSR count). The number of para-hydroxylation sites is 1. The second-order valence-corrected chi connectivity index (χ2v) is 11.7. The minimum absolute atomic E-state index is 0.111. The molecular formula is C27H28N2O4S2. The first-order valence-electron chi connectivity index (χ1n) is 11.8. The summed E-state index contributed by atoms with van der Waals surface area (Å²) in [4.78, 5) is 12.7. The highest BCUT2D eigenvalue weighted by Gasteiger charge is 2.40. The molecule has 1 atom stereocenters. The summed E-state index contributed by atoms with van der Waals surface area (Å²) >= 11 is 1.07. The van der Waals surface area contributed by atoms with Crippen LogP contribution in [0, 0.1) is 0 Å². The lowest BCUT2D eigenvalue weighted by Crippen LogP contribution is -2.44. The molecule has 182 valence electrons. The Kier molecular flexibility index (Phi) is 6.29. The number of ether oxygens (including phenoxy) is 1. The van der Waals surface area contributed by atoms with E-state index >= 15 is 0 Å². The number of nitrogens with one attached hydrogen (secondary N) is 1. The van der Waals surface area contributed by atoms with Gasteiger partial charge in [0, 0.05) is 12.0 Å². The molecule has 0 bridgehead atoms. The summed E-state index contributed by atoms with van der Waals surface area (Å²) in [5.74, 6) is 0.724. The lowest BCUT2D eigenvalue weighted by Gasteiger charge is -2.41. The van der Waals surface area contributed by atoms with Crippen LogP contribution in [0.4, 0.5) is 0 Å². The summed E-state index contributed by atoms with van der Waals surface area (Å²) < 4.78 is 38.6. The van der Waals surface area contributed by atoms with Crippen LogP contribution >= 0.6 is 11.3 Å². The summed E-state index contributed by atoms with van der Waals surface area (Å²) in [6, 6.07) is 21.9. The van der Waals surface area contributed by atoms with E-state index in [2.05, 4.69) is 18.6 Å². The van der Waals surface area contributed by atoms with Gasteiger partial charge in [0.2, 0.25) is 10.0 Å². The number of rotatable bonds is 7. The van der Waals surface area contributed by atoms with Crippen molar-refractivity contribution in [2.75, 3.05) is 0 Å². The van der Waals surface area contributed by atoms with Crippen molar-refractivity contribution in [2.45, 2.75) is 56.2 Å². The average Bonchev–Trinajstić information content (AvgIpc) is 3.18. The molecule has 0 fully saturated rings. The van der Waals surface area contributed by atoms with Crippen LogP contribution in [-0.2, 0) is 16.6 Å². The predicted octanol–water partition coefficient (Wildman–Crippen LogP) is 5.47. The van der Waals surface area contributed by atoms with Crippen molar-refractivity contribution in [2.24, 2.45) is 0 Å². The van der Waals surface area contributed by atoms with Gasteiger partial charge in [0.1, 0.15) is 11.4 Å². The summed E-state index contributed by atoms with van der Waals surface area (Å²) in [6.45, 7) is 4.58. The van der Waals surface area contributed by atoms with Gasteiger partial charge >= 0.3 is 4.87 Å². The Balaban J connectivity index is 1.47. The second-order valence-electron chi connectivity index (χ2n) is 8.98. The van der Waals surface area contributed by atoms with Gasteiger partial charge < -0.3 is 4.74 Å². The molecule has 1 unspecified atom stereocenters. The van der Waals surface area contributed by atoms with Crippen molar-refractivity contribution >= 4 is 31.6 Å². The number of nitrogens with zero attached hydrogens (tertiary/aromatic N) is 1. The fourth-order valence-corrected chi connectivity index (χ4v) is 7.04. The molecule has 1 aliphatic rings. The van der Waals surface area contributed by atoms with Gasteiger partial charge in [-0.1, -0.05) is 73.7 Å².